The van der Waals surface area contributed by atoms with E-state index in [1.165, 1.54) is 9.75 Å². The van der Waals surface area contributed by atoms with Crippen LogP contribution in [0.1, 0.15) is 21.1 Å². The van der Waals surface area contributed by atoms with Crippen molar-refractivity contribution in [2.24, 2.45) is 0 Å². The second kappa shape index (κ2) is 8.62. The monoisotopic (exact) mass is 391 g/mol. The third-order valence-electron chi connectivity index (χ3n) is 4.84. The summed E-state index contributed by atoms with van der Waals surface area (Å²) < 4.78 is 4.65. The summed E-state index contributed by atoms with van der Waals surface area (Å²) in [5.74, 6) is -0.101. The summed E-state index contributed by atoms with van der Waals surface area (Å²) in [6, 6.07) is 3.84. The normalized spacial score (nSPS) is 17.9. The van der Waals surface area contributed by atoms with Crippen molar-refractivity contribution in [2.75, 3.05) is 33.2 Å². The molecule has 9 heteroatoms. The van der Waals surface area contributed by atoms with E-state index in [0.717, 1.165) is 6.42 Å². The standard InChI is InChI=1S/C18H25N5O3S/c1-12-4-5-14(27-12)6-7-19-18(25)16-11-23(9-8-22(16)3)17(24)10-15-13(2)20-26-21-15/h4-5,16H,6-11H2,1-3H3,(H,19,25). The van der Waals surface area contributed by atoms with Gasteiger partial charge in [0.1, 0.15) is 17.4 Å². The van der Waals surface area contributed by atoms with Crippen LogP contribution in [0.4, 0.5) is 0 Å². The minimum Gasteiger partial charge on any atom is -0.354 e. The summed E-state index contributed by atoms with van der Waals surface area (Å²) in [6.07, 6.45) is 0.965. The zero-order valence-electron chi connectivity index (χ0n) is 15.9. The van der Waals surface area contributed by atoms with Gasteiger partial charge in [0.2, 0.25) is 11.8 Å². The van der Waals surface area contributed by atoms with Gasteiger partial charge in [-0.15, -0.1) is 11.3 Å². The van der Waals surface area contributed by atoms with Gasteiger partial charge in [-0.25, -0.2) is 4.63 Å². The zero-order chi connectivity index (χ0) is 19.4. The van der Waals surface area contributed by atoms with Crippen LogP contribution in [-0.4, -0.2) is 71.2 Å². The molecule has 27 heavy (non-hydrogen) atoms. The first-order valence-corrected chi connectivity index (χ1v) is 9.84. The summed E-state index contributed by atoms with van der Waals surface area (Å²) in [7, 11) is 1.92. The molecule has 146 valence electrons. The molecule has 1 aliphatic heterocycles. The lowest BCUT2D eigenvalue weighted by atomic mass is 10.1. The lowest BCUT2D eigenvalue weighted by molar-refractivity contribution is -0.137. The number of nitrogens with zero attached hydrogens (tertiary/aromatic N) is 4. The molecule has 0 radical (unpaired) electrons. The maximum atomic E-state index is 12.6. The molecular formula is C18H25N5O3S. The molecule has 1 saturated heterocycles. The number of aromatic nitrogens is 2. The number of piperazine rings is 1. The fraction of sp³-hybridized carbons (Fsp3) is 0.556. The number of hydrogen-bond acceptors (Lipinski definition) is 7. The summed E-state index contributed by atoms with van der Waals surface area (Å²) in [5.41, 5.74) is 1.17. The molecule has 2 aromatic rings. The first kappa shape index (κ1) is 19.5. The van der Waals surface area contributed by atoms with Crippen molar-refractivity contribution in [3.05, 3.63) is 33.3 Å². The summed E-state index contributed by atoms with van der Waals surface area (Å²) in [6.45, 7) is 6.06. The molecule has 3 heterocycles. The third kappa shape index (κ3) is 4.92. The van der Waals surface area contributed by atoms with Gasteiger partial charge < -0.3 is 10.2 Å². The third-order valence-corrected chi connectivity index (χ3v) is 5.90. The van der Waals surface area contributed by atoms with Crippen LogP contribution in [0.15, 0.2) is 16.8 Å². The van der Waals surface area contributed by atoms with Crippen molar-refractivity contribution in [1.82, 2.24) is 25.4 Å². The van der Waals surface area contributed by atoms with Gasteiger partial charge in [-0.05, 0) is 39.4 Å². The van der Waals surface area contributed by atoms with Crippen LogP contribution in [0.5, 0.6) is 0 Å². The lowest BCUT2D eigenvalue weighted by Gasteiger charge is -2.38. The molecule has 8 nitrogen and oxygen atoms in total. The lowest BCUT2D eigenvalue weighted by Crippen LogP contribution is -2.59. The molecule has 3 rings (SSSR count). The van der Waals surface area contributed by atoms with E-state index in [1.807, 2.05) is 11.9 Å². The average molecular weight is 391 g/mol. The number of likely N-dealkylation sites (N-methyl/N-ethyl adjacent to an activating group) is 1. The van der Waals surface area contributed by atoms with Crippen LogP contribution >= 0.6 is 11.3 Å². The topological polar surface area (TPSA) is 91.6 Å². The Morgan fingerprint density at radius 3 is 2.78 bits per heavy atom. The second-order valence-corrected chi connectivity index (χ2v) is 8.24. The Morgan fingerprint density at radius 1 is 1.30 bits per heavy atom. The van der Waals surface area contributed by atoms with Crippen LogP contribution in [0.3, 0.4) is 0 Å². The number of carbonyl (C=O) groups is 2. The van der Waals surface area contributed by atoms with E-state index in [4.69, 9.17) is 0 Å². The van der Waals surface area contributed by atoms with Crippen LogP contribution in [-0.2, 0) is 22.4 Å². The van der Waals surface area contributed by atoms with E-state index in [1.54, 1.807) is 23.2 Å². The number of thiophene rings is 1. The molecule has 1 unspecified atom stereocenters. The van der Waals surface area contributed by atoms with Crippen molar-refractivity contribution in [3.63, 3.8) is 0 Å². The van der Waals surface area contributed by atoms with Gasteiger partial charge in [-0.1, -0.05) is 10.3 Å². The molecule has 1 fully saturated rings. The van der Waals surface area contributed by atoms with Crippen molar-refractivity contribution < 1.29 is 14.2 Å². The molecule has 0 spiro atoms. The number of hydrogen-bond donors (Lipinski definition) is 1. The number of rotatable bonds is 6. The maximum absolute atomic E-state index is 12.6. The van der Waals surface area contributed by atoms with Gasteiger partial charge in [0, 0.05) is 35.9 Å². The van der Waals surface area contributed by atoms with Crippen molar-refractivity contribution >= 4 is 23.2 Å². The summed E-state index contributed by atoms with van der Waals surface area (Å²) in [5, 5.41) is 10.5. The highest BCUT2D eigenvalue weighted by Crippen LogP contribution is 2.15. The Kier molecular flexibility index (Phi) is 6.22. The van der Waals surface area contributed by atoms with Crippen LogP contribution in [0, 0.1) is 13.8 Å². The molecule has 0 aliphatic carbocycles. The number of nitrogens with one attached hydrogen (secondary N) is 1. The molecule has 0 aromatic carbocycles. The smallest absolute Gasteiger partial charge is 0.239 e. The summed E-state index contributed by atoms with van der Waals surface area (Å²) in [4.78, 5) is 31.4. The predicted octanol–water partition coefficient (Wildman–Crippen LogP) is 0.792. The average Bonchev–Trinajstić information content (AvgIpc) is 3.23. The quantitative estimate of drug-likeness (QED) is 0.783. The van der Waals surface area contributed by atoms with Gasteiger partial charge in [-0.3, -0.25) is 14.5 Å². The molecule has 1 N–H and O–H groups in total. The number of carbonyl (C=O) groups excluding carboxylic acids is 2. The highest BCUT2D eigenvalue weighted by molar-refractivity contribution is 7.11. The Hall–Kier alpha value is -2.26. The SMILES string of the molecule is Cc1ccc(CCNC(=O)C2CN(C(=O)Cc3nonc3C)CCN2C)s1. The fourth-order valence-corrected chi connectivity index (χ4v) is 3.98. The van der Waals surface area contributed by atoms with E-state index in [9.17, 15) is 9.59 Å². The van der Waals surface area contributed by atoms with E-state index < -0.39 is 0 Å². The first-order valence-electron chi connectivity index (χ1n) is 9.03. The zero-order valence-corrected chi connectivity index (χ0v) is 16.7. The van der Waals surface area contributed by atoms with Gasteiger partial charge in [-0.2, -0.15) is 0 Å². The van der Waals surface area contributed by atoms with Crippen molar-refractivity contribution in [3.8, 4) is 0 Å². The van der Waals surface area contributed by atoms with Crippen molar-refractivity contribution in [2.45, 2.75) is 32.7 Å². The molecule has 2 aromatic heterocycles. The minimum atomic E-state index is -0.343. The van der Waals surface area contributed by atoms with E-state index in [2.05, 4.69) is 39.3 Å². The molecule has 0 saturated carbocycles. The van der Waals surface area contributed by atoms with Gasteiger partial charge in [0.25, 0.3) is 0 Å². The van der Waals surface area contributed by atoms with Gasteiger partial charge >= 0.3 is 0 Å². The summed E-state index contributed by atoms with van der Waals surface area (Å²) >= 11 is 1.75. The molecular weight excluding hydrogens is 366 g/mol. The van der Waals surface area contributed by atoms with Gasteiger partial charge in [0.05, 0.1) is 6.42 Å². The van der Waals surface area contributed by atoms with E-state index in [0.29, 0.717) is 37.6 Å². The van der Waals surface area contributed by atoms with E-state index in [-0.39, 0.29) is 24.3 Å². The molecule has 1 atom stereocenters. The fourth-order valence-electron chi connectivity index (χ4n) is 3.09. The molecule has 1 aliphatic rings. The Bertz CT molecular complexity index is 803. The van der Waals surface area contributed by atoms with Gasteiger partial charge in [0.15, 0.2) is 0 Å². The second-order valence-electron chi connectivity index (χ2n) is 6.86. The number of aryl methyl sites for hydroxylation is 2. The number of amides is 2. The molecule has 0 bridgehead atoms. The maximum Gasteiger partial charge on any atom is 0.239 e. The highest BCUT2D eigenvalue weighted by atomic mass is 32.1. The van der Waals surface area contributed by atoms with Crippen LogP contribution < -0.4 is 5.32 Å². The largest absolute Gasteiger partial charge is 0.354 e. The van der Waals surface area contributed by atoms with Crippen LogP contribution in [0.2, 0.25) is 0 Å². The molecule has 2 amide bonds. The van der Waals surface area contributed by atoms with E-state index >= 15 is 0 Å². The Balaban J connectivity index is 1.52. The Morgan fingerprint density at radius 2 is 2.11 bits per heavy atom. The van der Waals surface area contributed by atoms with Crippen LogP contribution in [0.25, 0.3) is 0 Å². The highest BCUT2D eigenvalue weighted by Gasteiger charge is 2.32. The Labute approximate surface area is 162 Å². The van der Waals surface area contributed by atoms with Crippen molar-refractivity contribution in [1.29, 1.82) is 0 Å². The first-order chi connectivity index (χ1) is 12.9. The minimum absolute atomic E-state index is 0.0393. The predicted molar refractivity (Wildman–Crippen MR) is 102 cm³/mol.